The van der Waals surface area contributed by atoms with E-state index in [9.17, 15) is 4.79 Å². The van der Waals surface area contributed by atoms with E-state index in [2.05, 4.69) is 29.5 Å². The minimum atomic E-state index is 0.142. The van der Waals surface area contributed by atoms with Crippen molar-refractivity contribution in [1.29, 1.82) is 0 Å². The second-order valence-corrected chi connectivity index (χ2v) is 5.22. The highest BCUT2D eigenvalue weighted by Gasteiger charge is 2.29. The van der Waals surface area contributed by atoms with Crippen molar-refractivity contribution >= 4 is 5.91 Å². The Morgan fingerprint density at radius 2 is 2.06 bits per heavy atom. The lowest BCUT2D eigenvalue weighted by Crippen LogP contribution is -2.42. The average molecular weight is 225 g/mol. The van der Waals surface area contributed by atoms with Crippen LogP contribution in [0, 0.1) is 0 Å². The summed E-state index contributed by atoms with van der Waals surface area (Å²) >= 11 is 0. The van der Waals surface area contributed by atoms with Crippen molar-refractivity contribution < 1.29 is 4.79 Å². The van der Waals surface area contributed by atoms with E-state index in [4.69, 9.17) is 0 Å². The third-order valence-electron chi connectivity index (χ3n) is 3.49. The van der Waals surface area contributed by atoms with Gasteiger partial charge in [-0.3, -0.25) is 9.69 Å². The van der Waals surface area contributed by atoms with Gasteiger partial charge in [-0.2, -0.15) is 0 Å². The molecule has 4 nitrogen and oxygen atoms in total. The maximum absolute atomic E-state index is 11.4. The standard InChI is InChI=1S/C12H23N3O/c1-9(15(2)11-5-6-11)7-13-8-12(16)14-10-3-4-10/h9-11,13H,3-8H2,1-2H3,(H,14,16). The molecule has 0 aromatic rings. The van der Waals surface area contributed by atoms with Crippen LogP contribution >= 0.6 is 0 Å². The number of hydrogen-bond donors (Lipinski definition) is 2. The first-order valence-electron chi connectivity index (χ1n) is 6.39. The van der Waals surface area contributed by atoms with Crippen molar-refractivity contribution in [2.45, 2.75) is 50.7 Å². The van der Waals surface area contributed by atoms with E-state index in [0.717, 1.165) is 25.4 Å². The molecule has 2 aliphatic carbocycles. The van der Waals surface area contributed by atoms with Crippen LogP contribution in [-0.2, 0) is 4.79 Å². The van der Waals surface area contributed by atoms with E-state index in [1.54, 1.807) is 0 Å². The van der Waals surface area contributed by atoms with Crippen LogP contribution in [0.3, 0.4) is 0 Å². The molecule has 1 atom stereocenters. The van der Waals surface area contributed by atoms with E-state index < -0.39 is 0 Å². The molecule has 92 valence electrons. The topological polar surface area (TPSA) is 44.4 Å². The van der Waals surface area contributed by atoms with Gasteiger partial charge in [0.15, 0.2) is 0 Å². The highest BCUT2D eigenvalue weighted by Crippen LogP contribution is 2.26. The third kappa shape index (κ3) is 3.76. The molecule has 1 amide bonds. The van der Waals surface area contributed by atoms with E-state index >= 15 is 0 Å². The fraction of sp³-hybridized carbons (Fsp3) is 0.917. The normalized spacial score (nSPS) is 22.2. The van der Waals surface area contributed by atoms with Crippen molar-refractivity contribution in [2.75, 3.05) is 20.1 Å². The molecule has 0 heterocycles. The van der Waals surface area contributed by atoms with Gasteiger partial charge in [0.05, 0.1) is 6.54 Å². The fourth-order valence-corrected chi connectivity index (χ4v) is 1.89. The minimum Gasteiger partial charge on any atom is -0.352 e. The summed E-state index contributed by atoms with van der Waals surface area (Å²) in [5.41, 5.74) is 0. The van der Waals surface area contributed by atoms with Gasteiger partial charge >= 0.3 is 0 Å². The highest BCUT2D eigenvalue weighted by atomic mass is 16.2. The highest BCUT2D eigenvalue weighted by molar-refractivity contribution is 5.78. The first-order chi connectivity index (χ1) is 7.66. The summed E-state index contributed by atoms with van der Waals surface area (Å²) in [5.74, 6) is 0.142. The predicted octanol–water partition coefficient (Wildman–Crippen LogP) is 0.337. The molecule has 0 spiro atoms. The van der Waals surface area contributed by atoms with Gasteiger partial charge in [0.25, 0.3) is 0 Å². The van der Waals surface area contributed by atoms with Crippen LogP contribution in [0.5, 0.6) is 0 Å². The van der Waals surface area contributed by atoms with E-state index in [0.29, 0.717) is 18.6 Å². The van der Waals surface area contributed by atoms with E-state index in [1.807, 2.05) is 0 Å². The molecule has 0 saturated heterocycles. The molecule has 0 aliphatic heterocycles. The van der Waals surface area contributed by atoms with Crippen LogP contribution in [0.2, 0.25) is 0 Å². The molecule has 0 aromatic carbocycles. The first-order valence-corrected chi connectivity index (χ1v) is 6.39. The van der Waals surface area contributed by atoms with Crippen molar-refractivity contribution in [2.24, 2.45) is 0 Å². The Hall–Kier alpha value is -0.610. The predicted molar refractivity (Wildman–Crippen MR) is 64.3 cm³/mol. The van der Waals surface area contributed by atoms with Gasteiger partial charge in [-0.05, 0) is 39.7 Å². The van der Waals surface area contributed by atoms with Crippen molar-refractivity contribution in [1.82, 2.24) is 15.5 Å². The molecule has 2 saturated carbocycles. The van der Waals surface area contributed by atoms with Crippen LogP contribution in [0.25, 0.3) is 0 Å². The molecular formula is C12H23N3O. The Morgan fingerprint density at radius 3 is 2.62 bits per heavy atom. The zero-order valence-electron chi connectivity index (χ0n) is 10.3. The van der Waals surface area contributed by atoms with E-state index in [-0.39, 0.29) is 5.91 Å². The summed E-state index contributed by atoms with van der Waals surface area (Å²) in [7, 11) is 2.17. The lowest BCUT2D eigenvalue weighted by molar-refractivity contribution is -0.120. The maximum atomic E-state index is 11.4. The van der Waals surface area contributed by atoms with Crippen LogP contribution in [0.15, 0.2) is 0 Å². The smallest absolute Gasteiger partial charge is 0.234 e. The number of hydrogen-bond acceptors (Lipinski definition) is 3. The lowest BCUT2D eigenvalue weighted by atomic mass is 10.3. The zero-order valence-corrected chi connectivity index (χ0v) is 10.3. The van der Waals surface area contributed by atoms with Gasteiger partial charge in [0.1, 0.15) is 0 Å². The molecule has 16 heavy (non-hydrogen) atoms. The number of nitrogens with one attached hydrogen (secondary N) is 2. The fourth-order valence-electron chi connectivity index (χ4n) is 1.89. The first kappa shape index (κ1) is 11.9. The van der Waals surface area contributed by atoms with Gasteiger partial charge in [0, 0.05) is 24.7 Å². The van der Waals surface area contributed by atoms with Gasteiger partial charge in [-0.1, -0.05) is 0 Å². The average Bonchev–Trinajstić information content (AvgIpc) is 3.09. The molecule has 2 N–H and O–H groups in total. The summed E-state index contributed by atoms with van der Waals surface area (Å²) in [6.07, 6.45) is 4.99. The van der Waals surface area contributed by atoms with Gasteiger partial charge in [0.2, 0.25) is 5.91 Å². The number of likely N-dealkylation sites (N-methyl/N-ethyl adjacent to an activating group) is 1. The van der Waals surface area contributed by atoms with Crippen LogP contribution in [0.4, 0.5) is 0 Å². The number of carbonyl (C=O) groups is 1. The van der Waals surface area contributed by atoms with Crippen molar-refractivity contribution in [3.05, 3.63) is 0 Å². The van der Waals surface area contributed by atoms with Gasteiger partial charge in [-0.15, -0.1) is 0 Å². The molecule has 1 unspecified atom stereocenters. The summed E-state index contributed by atoms with van der Waals surface area (Å²) in [6, 6.07) is 1.78. The molecule has 2 aliphatic rings. The third-order valence-corrected chi connectivity index (χ3v) is 3.49. The quantitative estimate of drug-likeness (QED) is 0.656. The number of rotatable bonds is 7. The SMILES string of the molecule is CC(CNCC(=O)NC1CC1)N(C)C1CC1. The zero-order chi connectivity index (χ0) is 11.5. The lowest BCUT2D eigenvalue weighted by Gasteiger charge is -2.24. The Balaban J connectivity index is 1.53. The summed E-state index contributed by atoms with van der Waals surface area (Å²) in [5, 5.41) is 6.20. The maximum Gasteiger partial charge on any atom is 0.234 e. The second kappa shape index (κ2) is 5.15. The monoisotopic (exact) mass is 225 g/mol. The largest absolute Gasteiger partial charge is 0.352 e. The Labute approximate surface area is 97.8 Å². The van der Waals surface area contributed by atoms with Crippen molar-refractivity contribution in [3.8, 4) is 0 Å². The number of amides is 1. The van der Waals surface area contributed by atoms with Crippen molar-refractivity contribution in [3.63, 3.8) is 0 Å². The molecule has 0 radical (unpaired) electrons. The minimum absolute atomic E-state index is 0.142. The Bertz CT molecular complexity index is 249. The second-order valence-electron chi connectivity index (χ2n) is 5.22. The molecule has 2 rings (SSSR count). The summed E-state index contributed by atoms with van der Waals surface area (Å²) < 4.78 is 0. The Morgan fingerprint density at radius 1 is 1.38 bits per heavy atom. The van der Waals surface area contributed by atoms with Gasteiger partial charge in [-0.25, -0.2) is 0 Å². The van der Waals surface area contributed by atoms with E-state index in [1.165, 1.54) is 12.8 Å². The van der Waals surface area contributed by atoms with Crippen LogP contribution in [-0.4, -0.2) is 49.1 Å². The summed E-state index contributed by atoms with van der Waals surface area (Å²) in [6.45, 7) is 3.56. The number of carbonyl (C=O) groups excluding carboxylic acids is 1. The number of nitrogens with zero attached hydrogens (tertiary/aromatic N) is 1. The Kier molecular flexibility index (Phi) is 3.82. The molecular weight excluding hydrogens is 202 g/mol. The molecule has 0 bridgehead atoms. The molecule has 2 fully saturated rings. The van der Waals surface area contributed by atoms with Crippen LogP contribution in [0.1, 0.15) is 32.6 Å². The summed E-state index contributed by atoms with van der Waals surface area (Å²) in [4.78, 5) is 13.8. The van der Waals surface area contributed by atoms with Gasteiger partial charge < -0.3 is 10.6 Å². The van der Waals surface area contributed by atoms with Crippen LogP contribution < -0.4 is 10.6 Å². The molecule has 0 aromatic heterocycles. The molecule has 4 heteroatoms.